The summed E-state index contributed by atoms with van der Waals surface area (Å²) in [5.74, 6) is 0.829. The van der Waals surface area contributed by atoms with Gasteiger partial charge in [0.2, 0.25) is 0 Å². The summed E-state index contributed by atoms with van der Waals surface area (Å²) in [7, 11) is 1.67. The van der Waals surface area contributed by atoms with Gasteiger partial charge in [0.25, 0.3) is 0 Å². The lowest BCUT2D eigenvalue weighted by Crippen LogP contribution is -2.43. The minimum absolute atomic E-state index is 0.304. The molecule has 208 valence electrons. The second-order valence-corrected chi connectivity index (χ2v) is 9.85. The van der Waals surface area contributed by atoms with E-state index in [1.165, 1.54) is 0 Å². The fraction of sp³-hybridized carbons (Fsp3) is 0.294. The predicted molar refractivity (Wildman–Crippen MR) is 155 cm³/mol. The van der Waals surface area contributed by atoms with Crippen LogP contribution in [0.5, 0.6) is 5.75 Å². The monoisotopic (exact) mass is 539 g/mol. The van der Waals surface area contributed by atoms with Crippen LogP contribution in [0, 0.1) is 0 Å². The summed E-state index contributed by atoms with van der Waals surface area (Å²) in [4.78, 5) is 0. The molecule has 0 aliphatic carbocycles. The second kappa shape index (κ2) is 14.7. The van der Waals surface area contributed by atoms with Gasteiger partial charge in [-0.3, -0.25) is 5.32 Å². The van der Waals surface area contributed by atoms with Crippen molar-refractivity contribution in [2.45, 2.75) is 50.9 Å². The first-order valence-corrected chi connectivity index (χ1v) is 13.7. The minimum atomic E-state index is -0.378. The maximum Gasteiger partial charge on any atom is 0.138 e. The number of hydrogen-bond donors (Lipinski definition) is 1. The Morgan fingerprint density at radius 3 is 1.68 bits per heavy atom. The first kappa shape index (κ1) is 28.0. The van der Waals surface area contributed by atoms with Gasteiger partial charge in [-0.15, -0.1) is 0 Å². The van der Waals surface area contributed by atoms with Gasteiger partial charge in [-0.1, -0.05) is 103 Å². The summed E-state index contributed by atoms with van der Waals surface area (Å²) in [5, 5.41) is 3.56. The molecule has 4 atom stereocenters. The molecule has 40 heavy (non-hydrogen) atoms. The molecule has 0 saturated carbocycles. The molecule has 0 radical (unpaired) electrons. The average Bonchev–Trinajstić information content (AvgIpc) is 3.35. The molecular formula is C34H37NO5. The van der Waals surface area contributed by atoms with Gasteiger partial charge in [0.1, 0.15) is 30.3 Å². The van der Waals surface area contributed by atoms with E-state index in [1.807, 2.05) is 78.9 Å². The van der Waals surface area contributed by atoms with Crippen molar-refractivity contribution in [1.82, 2.24) is 5.32 Å². The Kier molecular flexibility index (Phi) is 10.3. The highest BCUT2D eigenvalue weighted by atomic mass is 16.6. The molecule has 1 aliphatic heterocycles. The van der Waals surface area contributed by atoms with Crippen molar-refractivity contribution in [3.63, 3.8) is 0 Å². The van der Waals surface area contributed by atoms with Gasteiger partial charge < -0.3 is 23.7 Å². The predicted octanol–water partition coefficient (Wildman–Crippen LogP) is 5.90. The maximum absolute atomic E-state index is 6.56. The van der Waals surface area contributed by atoms with Crippen molar-refractivity contribution in [2.24, 2.45) is 0 Å². The first-order valence-electron chi connectivity index (χ1n) is 13.7. The van der Waals surface area contributed by atoms with Gasteiger partial charge in [0.15, 0.2) is 0 Å². The third kappa shape index (κ3) is 8.01. The van der Waals surface area contributed by atoms with E-state index in [9.17, 15) is 0 Å². The van der Waals surface area contributed by atoms with Crippen LogP contribution in [0.2, 0.25) is 0 Å². The van der Waals surface area contributed by atoms with Crippen molar-refractivity contribution in [1.29, 1.82) is 0 Å². The molecule has 1 saturated heterocycles. The zero-order valence-electron chi connectivity index (χ0n) is 22.9. The zero-order chi connectivity index (χ0) is 27.4. The van der Waals surface area contributed by atoms with Crippen molar-refractivity contribution in [2.75, 3.05) is 13.7 Å². The van der Waals surface area contributed by atoms with E-state index in [0.717, 1.165) is 28.0 Å². The van der Waals surface area contributed by atoms with Crippen LogP contribution < -0.4 is 10.1 Å². The van der Waals surface area contributed by atoms with Crippen LogP contribution in [0.1, 0.15) is 22.3 Å². The molecule has 1 fully saturated rings. The summed E-state index contributed by atoms with van der Waals surface area (Å²) >= 11 is 0. The fourth-order valence-electron chi connectivity index (χ4n) is 4.77. The number of methoxy groups -OCH3 is 1. The van der Waals surface area contributed by atoms with Gasteiger partial charge >= 0.3 is 0 Å². The van der Waals surface area contributed by atoms with E-state index in [2.05, 4.69) is 41.7 Å². The molecule has 0 aromatic heterocycles. The molecule has 6 heteroatoms. The minimum Gasteiger partial charge on any atom is -0.497 e. The van der Waals surface area contributed by atoms with Crippen LogP contribution in [-0.4, -0.2) is 38.3 Å². The second-order valence-electron chi connectivity index (χ2n) is 9.85. The van der Waals surface area contributed by atoms with E-state index in [1.54, 1.807) is 7.11 Å². The number of nitrogens with one attached hydrogen (secondary N) is 1. The summed E-state index contributed by atoms with van der Waals surface area (Å²) < 4.78 is 31.1. The lowest BCUT2D eigenvalue weighted by molar-refractivity contribution is -0.0900. The van der Waals surface area contributed by atoms with Gasteiger partial charge in [0, 0.05) is 6.54 Å². The quantitative estimate of drug-likeness (QED) is 0.215. The van der Waals surface area contributed by atoms with E-state index in [0.29, 0.717) is 33.0 Å². The van der Waals surface area contributed by atoms with Gasteiger partial charge in [-0.05, 0) is 34.4 Å². The maximum atomic E-state index is 6.56. The smallest absolute Gasteiger partial charge is 0.138 e. The SMILES string of the molecule is COc1ccc(CNC2O[C@H](COCc3ccccc3)[C@H](OCc3ccccc3)[C@H]2OCc2ccccc2)cc1. The van der Waals surface area contributed by atoms with Crippen LogP contribution in [0.3, 0.4) is 0 Å². The Balaban J connectivity index is 1.31. The Morgan fingerprint density at radius 1 is 0.600 bits per heavy atom. The molecule has 1 unspecified atom stereocenters. The van der Waals surface area contributed by atoms with E-state index < -0.39 is 0 Å². The molecule has 0 amide bonds. The first-order chi connectivity index (χ1) is 19.8. The molecule has 0 spiro atoms. The molecule has 0 bridgehead atoms. The Hall–Kier alpha value is -3.52. The highest BCUT2D eigenvalue weighted by Crippen LogP contribution is 2.28. The zero-order valence-corrected chi connectivity index (χ0v) is 22.9. The normalized spacial score (nSPS) is 20.4. The number of benzene rings is 4. The summed E-state index contributed by atoms with van der Waals surface area (Å²) in [6.45, 7) is 2.42. The van der Waals surface area contributed by atoms with Crippen LogP contribution in [-0.2, 0) is 45.3 Å². The fourth-order valence-corrected chi connectivity index (χ4v) is 4.77. The lowest BCUT2D eigenvalue weighted by Gasteiger charge is -2.25. The van der Waals surface area contributed by atoms with Gasteiger partial charge in [0.05, 0.1) is 33.5 Å². The van der Waals surface area contributed by atoms with Crippen LogP contribution in [0.15, 0.2) is 115 Å². The Labute approximate surface area is 236 Å². The van der Waals surface area contributed by atoms with E-state index in [-0.39, 0.29) is 24.5 Å². The van der Waals surface area contributed by atoms with Crippen LogP contribution in [0.25, 0.3) is 0 Å². The topological polar surface area (TPSA) is 58.2 Å². The summed E-state index contributed by atoms with van der Waals surface area (Å²) in [6.07, 6.45) is -1.35. The standard InChI is InChI=1S/C34H37NO5/c1-36-30-19-17-26(18-20-30)21-35-34-33(39-24-29-15-9-4-10-16-29)32(38-23-28-13-7-3-8-14-28)31(40-34)25-37-22-27-11-5-2-6-12-27/h2-20,31-35H,21-25H2,1H3/t31-,32+,33-,34?/m1/s1. The largest absolute Gasteiger partial charge is 0.497 e. The molecule has 4 aromatic carbocycles. The van der Waals surface area contributed by atoms with Crippen LogP contribution >= 0.6 is 0 Å². The summed E-state index contributed by atoms with van der Waals surface area (Å²) in [6, 6.07) is 38.5. The third-order valence-electron chi connectivity index (χ3n) is 6.94. The third-order valence-corrected chi connectivity index (χ3v) is 6.94. The van der Waals surface area contributed by atoms with E-state index in [4.69, 9.17) is 23.7 Å². The highest BCUT2D eigenvalue weighted by Gasteiger charge is 2.46. The number of rotatable bonds is 14. The van der Waals surface area contributed by atoms with Gasteiger partial charge in [-0.2, -0.15) is 0 Å². The molecule has 1 heterocycles. The summed E-state index contributed by atoms with van der Waals surface area (Å²) in [5.41, 5.74) is 4.44. The Morgan fingerprint density at radius 2 is 1.12 bits per heavy atom. The average molecular weight is 540 g/mol. The highest BCUT2D eigenvalue weighted by molar-refractivity contribution is 5.27. The van der Waals surface area contributed by atoms with E-state index >= 15 is 0 Å². The van der Waals surface area contributed by atoms with Gasteiger partial charge in [-0.25, -0.2) is 0 Å². The van der Waals surface area contributed by atoms with Crippen molar-refractivity contribution in [3.8, 4) is 5.75 Å². The van der Waals surface area contributed by atoms with Crippen molar-refractivity contribution < 1.29 is 23.7 Å². The van der Waals surface area contributed by atoms with Crippen molar-refractivity contribution >= 4 is 0 Å². The molecule has 5 rings (SSSR count). The molecule has 6 nitrogen and oxygen atoms in total. The van der Waals surface area contributed by atoms with Crippen molar-refractivity contribution in [3.05, 3.63) is 138 Å². The lowest BCUT2D eigenvalue weighted by atomic mass is 10.1. The molecule has 1 N–H and O–H groups in total. The molecule has 4 aromatic rings. The number of hydrogen-bond acceptors (Lipinski definition) is 6. The number of ether oxygens (including phenoxy) is 5. The molecular weight excluding hydrogens is 502 g/mol. The van der Waals surface area contributed by atoms with Crippen LogP contribution in [0.4, 0.5) is 0 Å². The molecule has 1 aliphatic rings. The Bertz CT molecular complexity index is 1250.